The van der Waals surface area contributed by atoms with E-state index in [9.17, 15) is 26.4 Å². The van der Waals surface area contributed by atoms with Crippen LogP contribution in [0.2, 0.25) is 0 Å². The number of alkyl halides is 3. The molecular formula is C24H21F3N4O3S. The number of aromatic amines is 1. The Hall–Kier alpha value is -3.86. The van der Waals surface area contributed by atoms with E-state index in [2.05, 4.69) is 10.1 Å². The van der Waals surface area contributed by atoms with Gasteiger partial charge < -0.3 is 0 Å². The molecule has 0 unspecified atom stereocenters. The summed E-state index contributed by atoms with van der Waals surface area (Å²) in [5.41, 5.74) is -1.55. The minimum Gasteiger partial charge on any atom is -0.285 e. The van der Waals surface area contributed by atoms with Crippen molar-refractivity contribution in [3.8, 4) is 5.82 Å². The Balaban J connectivity index is 1.72. The highest BCUT2D eigenvalue weighted by atomic mass is 32.2. The number of sulfonamides is 1. The minimum absolute atomic E-state index is 0.155. The van der Waals surface area contributed by atoms with E-state index >= 15 is 0 Å². The summed E-state index contributed by atoms with van der Waals surface area (Å²) in [5.74, 6) is -0.165. The first-order valence-electron chi connectivity index (χ1n) is 10.6. The predicted molar refractivity (Wildman–Crippen MR) is 125 cm³/mol. The lowest BCUT2D eigenvalue weighted by Gasteiger charge is -2.22. The summed E-state index contributed by atoms with van der Waals surface area (Å²) < 4.78 is 69.2. The molecule has 35 heavy (non-hydrogen) atoms. The normalized spacial score (nSPS) is 12.0. The first-order valence-corrected chi connectivity index (χ1v) is 12.1. The number of aromatic nitrogens is 3. The second kappa shape index (κ2) is 9.41. The standard InChI is InChI=1S/C24H21F3N4O3S/c1-2-30(18-11-7-4-8-12-18)35(33,34)19-13-14-21(28-16-19)31-23(32)20(22(29-31)24(25,26)27)15-17-9-5-3-6-10-17/h3-14,16,29H,2,15H2,1H3. The molecule has 11 heteroatoms. The van der Waals surface area contributed by atoms with Crippen molar-refractivity contribution >= 4 is 15.7 Å². The highest BCUT2D eigenvalue weighted by Gasteiger charge is 2.38. The number of pyridine rings is 1. The molecule has 0 fully saturated rings. The fourth-order valence-electron chi connectivity index (χ4n) is 3.70. The largest absolute Gasteiger partial charge is 0.433 e. The van der Waals surface area contributed by atoms with Gasteiger partial charge in [-0.1, -0.05) is 48.5 Å². The lowest BCUT2D eigenvalue weighted by Crippen LogP contribution is -2.30. The van der Waals surface area contributed by atoms with E-state index in [4.69, 9.17) is 0 Å². The number of nitrogens with zero attached hydrogens (tertiary/aromatic N) is 3. The molecule has 0 amide bonds. The van der Waals surface area contributed by atoms with Gasteiger partial charge in [0.05, 0.1) is 11.3 Å². The number of rotatable bonds is 7. The van der Waals surface area contributed by atoms with E-state index in [0.717, 1.165) is 6.20 Å². The summed E-state index contributed by atoms with van der Waals surface area (Å²) in [6.45, 7) is 1.83. The third kappa shape index (κ3) is 4.85. The summed E-state index contributed by atoms with van der Waals surface area (Å²) in [7, 11) is -3.99. The van der Waals surface area contributed by atoms with Crippen molar-refractivity contribution in [2.75, 3.05) is 10.8 Å². The smallest absolute Gasteiger partial charge is 0.285 e. The lowest BCUT2D eigenvalue weighted by atomic mass is 10.1. The molecule has 4 aromatic rings. The van der Waals surface area contributed by atoms with Gasteiger partial charge in [-0.05, 0) is 36.8 Å². The Morgan fingerprint density at radius 1 is 0.971 bits per heavy atom. The van der Waals surface area contributed by atoms with E-state index < -0.39 is 33.0 Å². The van der Waals surface area contributed by atoms with Crippen molar-refractivity contribution in [3.05, 3.63) is 106 Å². The third-order valence-electron chi connectivity index (χ3n) is 5.36. The molecule has 4 rings (SSSR count). The molecular weight excluding hydrogens is 481 g/mol. The van der Waals surface area contributed by atoms with Gasteiger partial charge in [0.2, 0.25) is 0 Å². The van der Waals surface area contributed by atoms with Crippen LogP contribution in [-0.4, -0.2) is 29.7 Å². The molecule has 1 N–H and O–H groups in total. The number of H-pyrrole nitrogens is 1. The summed E-state index contributed by atoms with van der Waals surface area (Å²) in [5, 5.41) is 2.10. The van der Waals surface area contributed by atoms with E-state index in [1.54, 1.807) is 67.6 Å². The molecule has 0 saturated carbocycles. The Bertz CT molecular complexity index is 1460. The molecule has 0 aliphatic rings. The molecule has 0 radical (unpaired) electrons. The molecule has 0 bridgehead atoms. The highest BCUT2D eigenvalue weighted by molar-refractivity contribution is 7.92. The Morgan fingerprint density at radius 2 is 1.60 bits per heavy atom. The maximum Gasteiger partial charge on any atom is 0.433 e. The van der Waals surface area contributed by atoms with E-state index in [1.165, 1.54) is 16.4 Å². The van der Waals surface area contributed by atoms with Gasteiger partial charge in [-0.15, -0.1) is 0 Å². The minimum atomic E-state index is -4.80. The van der Waals surface area contributed by atoms with Gasteiger partial charge in [-0.2, -0.15) is 13.2 Å². The molecule has 2 aromatic carbocycles. The van der Waals surface area contributed by atoms with Gasteiger partial charge in [0.1, 0.15) is 10.6 Å². The van der Waals surface area contributed by atoms with Crippen LogP contribution in [0.15, 0.2) is 88.7 Å². The highest BCUT2D eigenvalue weighted by Crippen LogP contribution is 2.31. The van der Waals surface area contributed by atoms with Crippen LogP contribution in [0.4, 0.5) is 18.9 Å². The fraction of sp³-hybridized carbons (Fsp3) is 0.167. The molecule has 182 valence electrons. The first kappa shape index (κ1) is 24.3. The number of para-hydroxylation sites is 1. The summed E-state index contributed by atoms with van der Waals surface area (Å²) in [6.07, 6.45) is -4.00. The zero-order valence-electron chi connectivity index (χ0n) is 18.5. The zero-order chi connectivity index (χ0) is 25.2. The van der Waals surface area contributed by atoms with Crippen molar-refractivity contribution in [2.45, 2.75) is 24.4 Å². The van der Waals surface area contributed by atoms with Gasteiger partial charge >= 0.3 is 6.18 Å². The molecule has 0 aliphatic heterocycles. The number of nitrogens with one attached hydrogen (secondary N) is 1. The monoisotopic (exact) mass is 502 g/mol. The van der Waals surface area contributed by atoms with Crippen molar-refractivity contribution in [2.24, 2.45) is 0 Å². The van der Waals surface area contributed by atoms with Crippen LogP contribution >= 0.6 is 0 Å². The maximum absolute atomic E-state index is 13.7. The van der Waals surface area contributed by atoms with Gasteiger partial charge in [0, 0.05) is 19.2 Å². The van der Waals surface area contributed by atoms with Gasteiger partial charge in [0.15, 0.2) is 5.82 Å². The van der Waals surface area contributed by atoms with Crippen LogP contribution in [-0.2, 0) is 22.6 Å². The van der Waals surface area contributed by atoms with Crippen LogP contribution < -0.4 is 9.86 Å². The number of hydrogen-bond donors (Lipinski definition) is 1. The van der Waals surface area contributed by atoms with Crippen molar-refractivity contribution in [1.82, 2.24) is 14.8 Å². The molecule has 0 spiro atoms. The maximum atomic E-state index is 13.7. The quantitative estimate of drug-likeness (QED) is 0.406. The van der Waals surface area contributed by atoms with E-state index in [1.807, 2.05) is 0 Å². The lowest BCUT2D eigenvalue weighted by molar-refractivity contribution is -0.141. The first-order chi connectivity index (χ1) is 16.6. The van der Waals surface area contributed by atoms with Crippen molar-refractivity contribution in [3.63, 3.8) is 0 Å². The molecule has 2 heterocycles. The summed E-state index contributed by atoms with van der Waals surface area (Å²) in [6, 6.07) is 19.2. The van der Waals surface area contributed by atoms with E-state index in [0.29, 0.717) is 15.9 Å². The average molecular weight is 503 g/mol. The van der Waals surface area contributed by atoms with Crippen LogP contribution in [0.25, 0.3) is 5.82 Å². The van der Waals surface area contributed by atoms with Gasteiger partial charge in [-0.25, -0.2) is 18.1 Å². The summed E-state index contributed by atoms with van der Waals surface area (Å²) >= 11 is 0. The zero-order valence-corrected chi connectivity index (χ0v) is 19.3. The molecule has 0 aliphatic carbocycles. The van der Waals surface area contributed by atoms with Crippen molar-refractivity contribution < 1.29 is 21.6 Å². The number of halogens is 3. The fourth-order valence-corrected chi connectivity index (χ4v) is 5.12. The second-order valence-corrected chi connectivity index (χ2v) is 9.49. The Labute approximate surface area is 199 Å². The Kier molecular flexibility index (Phi) is 6.53. The number of anilines is 1. The van der Waals surface area contributed by atoms with Crippen LogP contribution in [0.1, 0.15) is 23.7 Å². The molecule has 7 nitrogen and oxygen atoms in total. The second-order valence-electron chi connectivity index (χ2n) is 7.62. The average Bonchev–Trinajstić information content (AvgIpc) is 3.17. The predicted octanol–water partition coefficient (Wildman–Crippen LogP) is 4.39. The third-order valence-corrected chi connectivity index (χ3v) is 7.25. The van der Waals surface area contributed by atoms with Crippen LogP contribution in [0, 0.1) is 0 Å². The number of hydrogen-bond acceptors (Lipinski definition) is 4. The molecule has 2 aromatic heterocycles. The molecule has 0 saturated heterocycles. The molecule has 0 atom stereocenters. The Morgan fingerprint density at radius 3 is 2.14 bits per heavy atom. The topological polar surface area (TPSA) is 88.1 Å². The number of benzene rings is 2. The summed E-state index contributed by atoms with van der Waals surface area (Å²) in [4.78, 5) is 16.8. The van der Waals surface area contributed by atoms with Gasteiger partial charge in [-0.3, -0.25) is 14.2 Å². The van der Waals surface area contributed by atoms with Crippen molar-refractivity contribution in [1.29, 1.82) is 0 Å². The van der Waals surface area contributed by atoms with Crippen LogP contribution in [0.5, 0.6) is 0 Å². The van der Waals surface area contributed by atoms with Gasteiger partial charge in [0.25, 0.3) is 15.6 Å². The van der Waals surface area contributed by atoms with Crippen LogP contribution in [0.3, 0.4) is 0 Å². The SMILES string of the molecule is CCN(c1ccccc1)S(=O)(=O)c1ccc(-n2[nH]c(C(F)(F)F)c(Cc3ccccc3)c2=O)nc1. The van der Waals surface area contributed by atoms with E-state index in [-0.39, 0.29) is 23.7 Å².